The van der Waals surface area contributed by atoms with E-state index in [9.17, 15) is 41.4 Å². The molecule has 1 aliphatic heterocycles. The van der Waals surface area contributed by atoms with Gasteiger partial charge in [-0.1, -0.05) is 12.1 Å². The molecule has 4 amide bonds. The third-order valence-electron chi connectivity index (χ3n) is 6.41. The molecule has 192 valence electrons. The molecule has 2 aromatic rings. The molecule has 1 heterocycles. The highest BCUT2D eigenvalue weighted by atomic mass is 79.9. The number of aliphatic hydroxyl groups is 1. The van der Waals surface area contributed by atoms with Gasteiger partial charge in [-0.05, 0) is 63.8 Å². The molecular weight excluding hydrogens is 557 g/mol. The average molecular weight is 576 g/mol. The molecule has 36 heavy (non-hydrogen) atoms. The van der Waals surface area contributed by atoms with Gasteiger partial charge in [-0.15, -0.1) is 0 Å². The molecule has 1 saturated heterocycles. The maximum absolute atomic E-state index is 14.3. The van der Waals surface area contributed by atoms with E-state index in [1.54, 1.807) is 0 Å². The van der Waals surface area contributed by atoms with Crippen molar-refractivity contribution in [2.24, 2.45) is 0 Å². The molecule has 0 radical (unpaired) electrons. The minimum atomic E-state index is -4.83. The van der Waals surface area contributed by atoms with E-state index in [1.807, 2.05) is 0 Å². The number of aliphatic hydroxyl groups excluding tert-OH is 1. The number of carbonyl (C=O) groups is 3. The van der Waals surface area contributed by atoms with Crippen LogP contribution in [-0.4, -0.2) is 51.5 Å². The number of benzene rings is 2. The summed E-state index contributed by atoms with van der Waals surface area (Å²) in [7, 11) is 0. The lowest BCUT2D eigenvalue weighted by molar-refractivity contribution is -0.187. The van der Waals surface area contributed by atoms with E-state index in [-0.39, 0.29) is 27.6 Å². The van der Waals surface area contributed by atoms with E-state index in [1.165, 1.54) is 18.2 Å². The number of hydrogen-bond acceptors (Lipinski definition) is 4. The lowest BCUT2D eigenvalue weighted by atomic mass is 9.91. The van der Waals surface area contributed by atoms with Crippen molar-refractivity contribution in [3.05, 3.63) is 69.2 Å². The zero-order valence-corrected chi connectivity index (χ0v) is 20.2. The topological polar surface area (TPSA) is 90.0 Å². The standard InChI is InChI=1S/C23H19BrF5N3O4/c1-11(23(27,28)29)31(9-12-2-4-13(25)5-3-12)19(34)10-32-20(35)22(30-21(32)36)8-18(33)14-6-16(24)17(26)7-15(14)22/h2-7,11,18,33H,8-10H2,1H3,(H,30,36)/t11?,18-,22-/m1/s1. The van der Waals surface area contributed by atoms with E-state index in [0.29, 0.717) is 9.80 Å². The second kappa shape index (κ2) is 9.11. The number of hydrogen-bond donors (Lipinski definition) is 2. The number of urea groups is 1. The SMILES string of the molecule is CC(N(Cc1ccc(F)cc1)C(=O)CN1C(=O)N[C@@]2(C[C@@H](O)c3cc(Br)c(F)cc32)C1=O)C(F)(F)F. The number of imide groups is 1. The summed E-state index contributed by atoms with van der Waals surface area (Å²) in [5, 5.41) is 12.8. The Labute approximate surface area is 210 Å². The maximum Gasteiger partial charge on any atom is 0.408 e. The van der Waals surface area contributed by atoms with E-state index in [0.717, 1.165) is 25.1 Å². The molecule has 0 saturated carbocycles. The molecule has 2 aliphatic rings. The Morgan fingerprint density at radius 3 is 2.50 bits per heavy atom. The van der Waals surface area contributed by atoms with Gasteiger partial charge in [0.05, 0.1) is 10.6 Å². The molecule has 3 atom stereocenters. The molecule has 13 heteroatoms. The van der Waals surface area contributed by atoms with Crippen LogP contribution >= 0.6 is 15.9 Å². The quantitative estimate of drug-likeness (QED) is 0.418. The molecule has 7 nitrogen and oxygen atoms in total. The highest BCUT2D eigenvalue weighted by molar-refractivity contribution is 9.10. The molecule has 0 aromatic heterocycles. The van der Waals surface area contributed by atoms with Gasteiger partial charge in [-0.2, -0.15) is 13.2 Å². The molecule has 1 spiro atoms. The van der Waals surface area contributed by atoms with Crippen molar-refractivity contribution in [3.63, 3.8) is 0 Å². The van der Waals surface area contributed by atoms with Crippen LogP contribution in [0.4, 0.5) is 26.7 Å². The predicted molar refractivity (Wildman–Crippen MR) is 118 cm³/mol. The summed E-state index contributed by atoms with van der Waals surface area (Å²) in [6.45, 7) is -0.840. The second-order valence-corrected chi connectivity index (χ2v) is 9.52. The molecule has 4 rings (SSSR count). The Kier molecular flexibility index (Phi) is 6.58. The van der Waals surface area contributed by atoms with Gasteiger partial charge in [-0.3, -0.25) is 14.5 Å². The first-order chi connectivity index (χ1) is 16.7. The summed E-state index contributed by atoms with van der Waals surface area (Å²) in [6.07, 6.45) is -6.41. The van der Waals surface area contributed by atoms with Gasteiger partial charge in [0.1, 0.15) is 29.8 Å². The Bertz CT molecular complexity index is 1240. The predicted octanol–water partition coefficient (Wildman–Crippen LogP) is 3.89. The number of rotatable bonds is 5. The third kappa shape index (κ3) is 4.45. The van der Waals surface area contributed by atoms with Gasteiger partial charge in [0.15, 0.2) is 0 Å². The Hall–Kier alpha value is -3.06. The lowest BCUT2D eigenvalue weighted by Crippen LogP contribution is -2.51. The van der Waals surface area contributed by atoms with Gasteiger partial charge in [-0.25, -0.2) is 13.6 Å². The van der Waals surface area contributed by atoms with Crippen LogP contribution in [0.25, 0.3) is 0 Å². The van der Waals surface area contributed by atoms with Crippen molar-refractivity contribution in [3.8, 4) is 0 Å². The Morgan fingerprint density at radius 2 is 1.89 bits per heavy atom. The summed E-state index contributed by atoms with van der Waals surface area (Å²) in [5.41, 5.74) is -1.49. The number of fused-ring (bicyclic) bond motifs is 2. The van der Waals surface area contributed by atoms with Gasteiger partial charge in [0, 0.05) is 13.0 Å². The number of halogens is 6. The van der Waals surface area contributed by atoms with Gasteiger partial charge >= 0.3 is 12.2 Å². The monoisotopic (exact) mass is 575 g/mol. The molecular formula is C23H19BrF5N3O4. The number of carbonyl (C=O) groups excluding carboxylic acids is 3. The minimum Gasteiger partial charge on any atom is -0.388 e. The number of nitrogens with zero attached hydrogens (tertiary/aromatic N) is 2. The Morgan fingerprint density at radius 1 is 1.25 bits per heavy atom. The summed E-state index contributed by atoms with van der Waals surface area (Å²) in [6, 6.07) is 3.37. The van der Waals surface area contributed by atoms with Crippen LogP contribution in [0.2, 0.25) is 0 Å². The summed E-state index contributed by atoms with van der Waals surface area (Å²) < 4.78 is 68.1. The van der Waals surface area contributed by atoms with E-state index in [4.69, 9.17) is 0 Å². The summed E-state index contributed by atoms with van der Waals surface area (Å²) >= 11 is 2.99. The normalized spacial score (nSPS) is 22.1. The second-order valence-electron chi connectivity index (χ2n) is 8.67. The fraction of sp³-hybridized carbons (Fsp3) is 0.348. The maximum atomic E-state index is 14.3. The summed E-state index contributed by atoms with van der Waals surface area (Å²) in [5.74, 6) is -3.57. The van der Waals surface area contributed by atoms with Gasteiger partial charge < -0.3 is 15.3 Å². The van der Waals surface area contributed by atoms with Crippen molar-refractivity contribution in [1.82, 2.24) is 15.1 Å². The Balaban J connectivity index is 1.62. The number of alkyl halides is 3. The molecule has 1 fully saturated rings. The van der Waals surface area contributed by atoms with Crippen molar-refractivity contribution in [2.75, 3.05) is 6.54 Å². The van der Waals surface area contributed by atoms with Crippen LogP contribution < -0.4 is 5.32 Å². The summed E-state index contributed by atoms with van der Waals surface area (Å²) in [4.78, 5) is 39.9. The fourth-order valence-electron chi connectivity index (χ4n) is 4.44. The lowest BCUT2D eigenvalue weighted by Gasteiger charge is -2.32. The molecule has 1 aliphatic carbocycles. The van der Waals surface area contributed by atoms with Crippen molar-refractivity contribution < 1.29 is 41.4 Å². The molecule has 2 N–H and O–H groups in total. The zero-order valence-electron chi connectivity index (χ0n) is 18.6. The van der Waals surface area contributed by atoms with Crippen LogP contribution in [-0.2, 0) is 21.7 Å². The molecule has 2 aromatic carbocycles. The first-order valence-corrected chi connectivity index (χ1v) is 11.5. The largest absolute Gasteiger partial charge is 0.408 e. The van der Waals surface area contributed by atoms with Crippen LogP contribution in [0.1, 0.15) is 36.1 Å². The minimum absolute atomic E-state index is 0.00386. The van der Waals surface area contributed by atoms with Crippen molar-refractivity contribution >= 4 is 33.8 Å². The van der Waals surface area contributed by atoms with Gasteiger partial charge in [0.25, 0.3) is 5.91 Å². The molecule has 0 bridgehead atoms. The first kappa shape index (κ1) is 26.0. The van der Waals surface area contributed by atoms with Crippen LogP contribution in [0, 0.1) is 11.6 Å². The van der Waals surface area contributed by atoms with Crippen LogP contribution in [0.15, 0.2) is 40.9 Å². The van der Waals surface area contributed by atoms with E-state index < -0.39 is 66.4 Å². The van der Waals surface area contributed by atoms with Crippen molar-refractivity contribution in [1.29, 1.82) is 0 Å². The van der Waals surface area contributed by atoms with E-state index in [2.05, 4.69) is 21.2 Å². The van der Waals surface area contributed by atoms with Gasteiger partial charge in [0.2, 0.25) is 5.91 Å². The first-order valence-electron chi connectivity index (χ1n) is 10.7. The number of nitrogens with one attached hydrogen (secondary N) is 1. The number of amides is 4. The van der Waals surface area contributed by atoms with Crippen molar-refractivity contribution in [2.45, 2.75) is 43.8 Å². The smallest absolute Gasteiger partial charge is 0.388 e. The average Bonchev–Trinajstić information content (AvgIpc) is 3.19. The van der Waals surface area contributed by atoms with Crippen LogP contribution in [0.5, 0.6) is 0 Å². The fourth-order valence-corrected chi connectivity index (χ4v) is 4.80. The zero-order chi connectivity index (χ0) is 26.6. The van der Waals surface area contributed by atoms with Crippen LogP contribution in [0.3, 0.4) is 0 Å². The highest BCUT2D eigenvalue weighted by Gasteiger charge is 2.58. The highest BCUT2D eigenvalue weighted by Crippen LogP contribution is 2.48. The molecule has 1 unspecified atom stereocenters. The third-order valence-corrected chi connectivity index (χ3v) is 7.02. The van der Waals surface area contributed by atoms with E-state index >= 15 is 0 Å².